The number of pyridine rings is 1. The number of ether oxygens (including phenoxy) is 1. The van der Waals surface area contributed by atoms with Crippen molar-refractivity contribution < 1.29 is 9.53 Å². The predicted octanol–water partition coefficient (Wildman–Crippen LogP) is 3.03. The Bertz CT molecular complexity index is 1340. The van der Waals surface area contributed by atoms with Crippen molar-refractivity contribution in [1.29, 1.82) is 0 Å². The summed E-state index contributed by atoms with van der Waals surface area (Å²) in [6, 6.07) is 6.31. The normalized spacial score (nSPS) is 18.6. The fourth-order valence-corrected chi connectivity index (χ4v) is 4.60. The first-order valence-corrected chi connectivity index (χ1v) is 11.0. The van der Waals surface area contributed by atoms with E-state index in [4.69, 9.17) is 4.74 Å². The number of aryl methyl sites for hydroxylation is 1. The molecule has 2 atom stereocenters. The van der Waals surface area contributed by atoms with Crippen molar-refractivity contribution in [2.24, 2.45) is 0 Å². The van der Waals surface area contributed by atoms with E-state index in [1.807, 2.05) is 29.7 Å². The van der Waals surface area contributed by atoms with Crippen LogP contribution in [0, 0.1) is 6.92 Å². The second-order valence-electron chi connectivity index (χ2n) is 8.62. The fourth-order valence-electron chi connectivity index (χ4n) is 4.60. The molecule has 0 radical (unpaired) electrons. The molecule has 1 aliphatic rings. The molecule has 1 saturated heterocycles. The van der Waals surface area contributed by atoms with Crippen LogP contribution in [0.1, 0.15) is 29.9 Å². The highest BCUT2D eigenvalue weighted by Gasteiger charge is 2.25. The lowest BCUT2D eigenvalue weighted by atomic mass is 10.1. The quantitative estimate of drug-likeness (QED) is 0.498. The van der Waals surface area contributed by atoms with Crippen LogP contribution in [-0.4, -0.2) is 57.5 Å². The zero-order valence-electron chi connectivity index (χ0n) is 19.2. The van der Waals surface area contributed by atoms with Gasteiger partial charge in [0.05, 0.1) is 24.1 Å². The molecular weight excluding hydrogens is 418 g/mol. The maximum atomic E-state index is 13.3. The van der Waals surface area contributed by atoms with Crippen LogP contribution in [0.4, 0.5) is 11.4 Å². The zero-order chi connectivity index (χ0) is 23.1. The van der Waals surface area contributed by atoms with Crippen LogP contribution < -0.4 is 20.3 Å². The van der Waals surface area contributed by atoms with Crippen LogP contribution >= 0.6 is 0 Å². The second-order valence-corrected chi connectivity index (χ2v) is 8.62. The molecule has 9 heteroatoms. The van der Waals surface area contributed by atoms with E-state index in [0.29, 0.717) is 34.6 Å². The molecule has 170 valence electrons. The van der Waals surface area contributed by atoms with Crippen molar-refractivity contribution in [3.05, 3.63) is 54.2 Å². The van der Waals surface area contributed by atoms with E-state index in [1.165, 1.54) is 0 Å². The average molecular weight is 446 g/mol. The maximum Gasteiger partial charge on any atom is 0.258 e. The zero-order valence-corrected chi connectivity index (χ0v) is 19.2. The van der Waals surface area contributed by atoms with Crippen molar-refractivity contribution in [3.63, 3.8) is 0 Å². The molecule has 1 aromatic carbocycles. The number of hydrogen-bond acceptors (Lipinski definition) is 7. The van der Waals surface area contributed by atoms with Gasteiger partial charge in [-0.2, -0.15) is 0 Å². The summed E-state index contributed by atoms with van der Waals surface area (Å²) in [6.45, 7) is 7.99. The molecular formula is C24H27N7O2. The van der Waals surface area contributed by atoms with E-state index in [1.54, 1.807) is 31.8 Å². The fraction of sp³-hybridized carbons (Fsp3) is 0.333. The number of carbonyl (C=O) groups is 1. The Morgan fingerprint density at radius 1 is 1.12 bits per heavy atom. The standard InChI is InChI=1S/C24H27N7O2/c1-14-10-30(11-15(2)27-14)19-6-5-17(22-23(19)26-8-7-25-22)24(32)29-18-13-31-12-16(3)28-21(31)9-20(18)33-4/h5-9,12-15,27H,10-11H2,1-4H3,(H,29,32)/t14-,15-/m1/s1. The van der Waals surface area contributed by atoms with Crippen molar-refractivity contribution in [2.45, 2.75) is 32.9 Å². The average Bonchev–Trinajstić information content (AvgIpc) is 3.15. The lowest BCUT2D eigenvalue weighted by molar-refractivity contribution is 0.102. The first-order valence-electron chi connectivity index (χ1n) is 11.0. The highest BCUT2D eigenvalue weighted by atomic mass is 16.5. The smallest absolute Gasteiger partial charge is 0.258 e. The minimum absolute atomic E-state index is 0.274. The van der Waals surface area contributed by atoms with Gasteiger partial charge in [0.2, 0.25) is 0 Å². The molecule has 5 rings (SSSR count). The van der Waals surface area contributed by atoms with Gasteiger partial charge >= 0.3 is 0 Å². The molecule has 33 heavy (non-hydrogen) atoms. The van der Waals surface area contributed by atoms with Crippen molar-refractivity contribution in [3.8, 4) is 5.75 Å². The summed E-state index contributed by atoms with van der Waals surface area (Å²) >= 11 is 0. The minimum Gasteiger partial charge on any atom is -0.494 e. The van der Waals surface area contributed by atoms with Crippen molar-refractivity contribution in [1.82, 2.24) is 24.7 Å². The van der Waals surface area contributed by atoms with Gasteiger partial charge < -0.3 is 24.7 Å². The summed E-state index contributed by atoms with van der Waals surface area (Å²) in [6.07, 6.45) is 6.99. The van der Waals surface area contributed by atoms with E-state index in [2.05, 4.69) is 44.3 Å². The van der Waals surface area contributed by atoms with Gasteiger partial charge in [-0.15, -0.1) is 0 Å². The maximum absolute atomic E-state index is 13.3. The Morgan fingerprint density at radius 2 is 1.85 bits per heavy atom. The Hall–Kier alpha value is -3.72. The molecule has 1 aliphatic heterocycles. The van der Waals surface area contributed by atoms with E-state index in [9.17, 15) is 4.79 Å². The Labute approximate surface area is 191 Å². The third-order valence-electron chi connectivity index (χ3n) is 5.89. The van der Waals surface area contributed by atoms with Crippen LogP contribution in [0.3, 0.4) is 0 Å². The van der Waals surface area contributed by atoms with Gasteiger partial charge in [0, 0.05) is 56.0 Å². The number of hydrogen-bond donors (Lipinski definition) is 2. The molecule has 2 N–H and O–H groups in total. The van der Waals surface area contributed by atoms with E-state index < -0.39 is 0 Å². The summed E-state index contributed by atoms with van der Waals surface area (Å²) < 4.78 is 7.36. The van der Waals surface area contributed by atoms with E-state index in [0.717, 1.165) is 35.6 Å². The van der Waals surface area contributed by atoms with Crippen LogP contribution in [-0.2, 0) is 0 Å². The van der Waals surface area contributed by atoms with Gasteiger partial charge in [-0.25, -0.2) is 4.98 Å². The SMILES string of the molecule is COc1cc2nc(C)cn2cc1NC(=O)c1ccc(N2C[C@@H](C)N[C@H](C)C2)c2nccnc12. The first kappa shape index (κ1) is 21.1. The third-order valence-corrected chi connectivity index (χ3v) is 5.89. The number of anilines is 2. The topological polar surface area (TPSA) is 96.7 Å². The van der Waals surface area contributed by atoms with Crippen molar-refractivity contribution >= 4 is 34.0 Å². The minimum atomic E-state index is -0.274. The van der Waals surface area contributed by atoms with E-state index in [-0.39, 0.29) is 5.91 Å². The molecule has 3 aromatic heterocycles. The number of nitrogens with one attached hydrogen (secondary N) is 2. The summed E-state index contributed by atoms with van der Waals surface area (Å²) in [5.41, 5.74) is 4.93. The number of nitrogens with zero attached hydrogens (tertiary/aromatic N) is 5. The lowest BCUT2D eigenvalue weighted by Crippen LogP contribution is -2.54. The monoisotopic (exact) mass is 445 g/mol. The Morgan fingerprint density at radius 3 is 2.58 bits per heavy atom. The molecule has 9 nitrogen and oxygen atoms in total. The van der Waals surface area contributed by atoms with Crippen LogP contribution in [0.2, 0.25) is 0 Å². The molecule has 0 unspecified atom stereocenters. The number of imidazole rings is 1. The molecule has 4 aromatic rings. The molecule has 0 bridgehead atoms. The van der Waals surface area contributed by atoms with Gasteiger partial charge in [-0.3, -0.25) is 14.8 Å². The van der Waals surface area contributed by atoms with Gasteiger partial charge in [0.15, 0.2) is 0 Å². The molecule has 0 saturated carbocycles. The summed E-state index contributed by atoms with van der Waals surface area (Å²) in [5, 5.41) is 6.53. The molecule has 0 spiro atoms. The molecule has 1 amide bonds. The van der Waals surface area contributed by atoms with Crippen LogP contribution in [0.25, 0.3) is 16.7 Å². The first-order chi connectivity index (χ1) is 15.9. The van der Waals surface area contributed by atoms with Crippen LogP contribution in [0.15, 0.2) is 43.0 Å². The predicted molar refractivity (Wildman–Crippen MR) is 128 cm³/mol. The van der Waals surface area contributed by atoms with E-state index >= 15 is 0 Å². The number of piperazine rings is 1. The largest absolute Gasteiger partial charge is 0.494 e. The Balaban J connectivity index is 1.52. The highest BCUT2D eigenvalue weighted by Crippen LogP contribution is 2.30. The number of fused-ring (bicyclic) bond motifs is 2. The van der Waals surface area contributed by atoms with Gasteiger partial charge in [0.25, 0.3) is 5.91 Å². The van der Waals surface area contributed by atoms with Crippen LogP contribution in [0.5, 0.6) is 5.75 Å². The number of rotatable bonds is 4. The van der Waals surface area contributed by atoms with Gasteiger partial charge in [-0.1, -0.05) is 0 Å². The molecule has 4 heterocycles. The number of benzene rings is 1. The summed E-state index contributed by atoms with van der Waals surface area (Å²) in [4.78, 5) is 29.2. The number of amides is 1. The third kappa shape index (κ3) is 3.95. The highest BCUT2D eigenvalue weighted by molar-refractivity contribution is 6.13. The lowest BCUT2D eigenvalue weighted by Gasteiger charge is -2.38. The second kappa shape index (κ2) is 8.32. The molecule has 0 aliphatic carbocycles. The molecule has 1 fully saturated rings. The number of carbonyl (C=O) groups excluding carboxylic acids is 1. The number of aromatic nitrogens is 4. The van der Waals surface area contributed by atoms with Gasteiger partial charge in [0.1, 0.15) is 28.1 Å². The van der Waals surface area contributed by atoms with Gasteiger partial charge in [-0.05, 0) is 32.9 Å². The number of methoxy groups -OCH3 is 1. The summed E-state index contributed by atoms with van der Waals surface area (Å²) in [5.74, 6) is 0.265. The Kier molecular flexibility index (Phi) is 5.33. The summed E-state index contributed by atoms with van der Waals surface area (Å²) in [7, 11) is 1.57. The van der Waals surface area contributed by atoms with Crippen molar-refractivity contribution in [2.75, 3.05) is 30.4 Å².